The van der Waals surface area contributed by atoms with E-state index in [4.69, 9.17) is 31.0 Å². The number of halogens is 1. The number of aliphatic hydroxyl groups is 1. The maximum absolute atomic E-state index is 13.0. The lowest BCUT2D eigenvalue weighted by Gasteiger charge is -2.39. The van der Waals surface area contributed by atoms with E-state index >= 15 is 0 Å². The van der Waals surface area contributed by atoms with Crippen LogP contribution in [0.2, 0.25) is 5.02 Å². The van der Waals surface area contributed by atoms with Crippen LogP contribution in [-0.2, 0) is 22.6 Å². The zero-order chi connectivity index (χ0) is 25.3. The van der Waals surface area contributed by atoms with Gasteiger partial charge in [-0.15, -0.1) is 0 Å². The number of nitrogens with zero attached hydrogens (tertiary/aromatic N) is 5. The Labute approximate surface area is 218 Å². The molecule has 0 saturated carbocycles. The molecule has 0 aliphatic carbocycles. The van der Waals surface area contributed by atoms with Gasteiger partial charge in [-0.1, -0.05) is 23.4 Å². The van der Waals surface area contributed by atoms with Gasteiger partial charge in [-0.25, -0.2) is 15.0 Å². The zero-order valence-corrected chi connectivity index (χ0v) is 22.1. The van der Waals surface area contributed by atoms with Crippen LogP contribution in [0.15, 0.2) is 33.2 Å². The molecule has 0 atom stereocenters. The van der Waals surface area contributed by atoms with Crippen LogP contribution in [0.4, 0.5) is 5.82 Å². The van der Waals surface area contributed by atoms with E-state index < -0.39 is 0 Å². The molecule has 9 nitrogen and oxygen atoms in total. The number of anilines is 1. The van der Waals surface area contributed by atoms with Gasteiger partial charge in [-0.2, -0.15) is 0 Å². The van der Waals surface area contributed by atoms with Gasteiger partial charge >= 0.3 is 0 Å². The van der Waals surface area contributed by atoms with Gasteiger partial charge in [0.05, 0.1) is 54.3 Å². The second-order valence-electron chi connectivity index (χ2n) is 9.44. The van der Waals surface area contributed by atoms with Crippen molar-refractivity contribution in [1.82, 2.24) is 19.5 Å². The lowest BCUT2D eigenvalue weighted by atomic mass is 9.78. The highest BCUT2D eigenvalue weighted by molar-refractivity contribution is 7.99. The van der Waals surface area contributed by atoms with Crippen molar-refractivity contribution in [2.24, 2.45) is 5.41 Å². The molecule has 192 valence electrons. The van der Waals surface area contributed by atoms with E-state index in [1.807, 2.05) is 13.0 Å². The van der Waals surface area contributed by atoms with Gasteiger partial charge in [0.1, 0.15) is 10.7 Å². The number of hydrogen-bond acceptors (Lipinski definition) is 9. The second kappa shape index (κ2) is 10.6. The number of methoxy groups -OCH3 is 1. The predicted octanol–water partition coefficient (Wildman–Crippen LogP) is 3.45. The molecule has 1 N–H and O–H groups in total. The SMILES string of the molecule is COCCn1cnc2ccc(Sc3nc(CO)c(N4CCC5(CCOC5)CC4)nc3C)c(Cl)c2c1=O. The molecule has 11 heteroatoms. The molecule has 5 rings (SSSR count). The molecule has 2 aliphatic heterocycles. The van der Waals surface area contributed by atoms with Crippen LogP contribution in [0, 0.1) is 12.3 Å². The summed E-state index contributed by atoms with van der Waals surface area (Å²) in [4.78, 5) is 29.9. The zero-order valence-electron chi connectivity index (χ0n) is 20.5. The van der Waals surface area contributed by atoms with Gasteiger partial charge in [-0.05, 0) is 43.7 Å². The van der Waals surface area contributed by atoms with Crippen molar-refractivity contribution in [3.05, 3.63) is 45.2 Å². The standard InChI is InChI=1S/C25H30ClN5O4S/c1-16-23(29-18(13-32)22(28-16)30-8-5-25(6-9-30)7-11-35-14-25)36-19-4-3-17-20(21(19)26)24(33)31(15-27-17)10-12-34-2/h3-4,15,32H,5-14H2,1-2H3. The number of aryl methyl sites for hydroxylation is 1. The third-order valence-electron chi connectivity index (χ3n) is 7.17. The summed E-state index contributed by atoms with van der Waals surface area (Å²) in [6.45, 7) is 5.92. The lowest BCUT2D eigenvalue weighted by molar-refractivity contribution is 0.133. The van der Waals surface area contributed by atoms with Gasteiger partial charge in [0.25, 0.3) is 5.56 Å². The minimum absolute atomic E-state index is 0.208. The van der Waals surface area contributed by atoms with Gasteiger partial charge in [0, 0.05) is 31.7 Å². The predicted molar refractivity (Wildman–Crippen MR) is 139 cm³/mol. The number of ether oxygens (including phenoxy) is 2. The fourth-order valence-corrected chi connectivity index (χ4v) is 6.18. The van der Waals surface area contributed by atoms with Crippen LogP contribution in [0.5, 0.6) is 0 Å². The van der Waals surface area contributed by atoms with E-state index in [2.05, 4.69) is 9.88 Å². The van der Waals surface area contributed by atoms with Gasteiger partial charge in [-0.3, -0.25) is 9.36 Å². The van der Waals surface area contributed by atoms with Gasteiger partial charge < -0.3 is 19.5 Å². The Morgan fingerprint density at radius 1 is 1.25 bits per heavy atom. The fraction of sp³-hybridized carbons (Fsp3) is 0.520. The number of hydrogen-bond donors (Lipinski definition) is 1. The average molecular weight is 532 g/mol. The molecule has 0 radical (unpaired) electrons. The summed E-state index contributed by atoms with van der Waals surface area (Å²) in [6.07, 6.45) is 4.74. The molecule has 0 amide bonds. The monoisotopic (exact) mass is 531 g/mol. The largest absolute Gasteiger partial charge is 0.390 e. The molecular weight excluding hydrogens is 502 g/mol. The summed E-state index contributed by atoms with van der Waals surface area (Å²) >= 11 is 8.06. The highest BCUT2D eigenvalue weighted by atomic mass is 35.5. The summed E-state index contributed by atoms with van der Waals surface area (Å²) in [5, 5.41) is 11.5. The molecule has 0 unspecified atom stereocenters. The number of aromatic nitrogens is 4. The Kier molecular flexibility index (Phi) is 7.50. The molecule has 2 fully saturated rings. The molecule has 36 heavy (non-hydrogen) atoms. The first-order chi connectivity index (χ1) is 17.4. The van der Waals surface area contributed by atoms with Crippen LogP contribution in [0.1, 0.15) is 30.7 Å². The Hall–Kier alpha value is -2.24. The highest BCUT2D eigenvalue weighted by Gasteiger charge is 2.38. The molecule has 2 aromatic heterocycles. The van der Waals surface area contributed by atoms with Crippen LogP contribution in [-0.4, -0.2) is 64.6 Å². The third-order valence-corrected chi connectivity index (χ3v) is 8.82. The molecular formula is C25H30ClN5O4S. The van der Waals surface area contributed by atoms with E-state index in [0.29, 0.717) is 44.7 Å². The molecule has 2 aliphatic rings. The maximum Gasteiger partial charge on any atom is 0.262 e. The first-order valence-corrected chi connectivity index (χ1v) is 13.3. The summed E-state index contributed by atoms with van der Waals surface area (Å²) < 4.78 is 12.2. The number of fused-ring (bicyclic) bond motifs is 1. The van der Waals surface area contributed by atoms with Crippen LogP contribution >= 0.6 is 23.4 Å². The normalized spacial score (nSPS) is 17.4. The van der Waals surface area contributed by atoms with Crippen molar-refractivity contribution >= 4 is 40.1 Å². The highest BCUT2D eigenvalue weighted by Crippen LogP contribution is 2.41. The van der Waals surface area contributed by atoms with E-state index in [0.717, 1.165) is 57.1 Å². The molecule has 1 spiro atoms. The first-order valence-electron chi connectivity index (χ1n) is 12.1. The molecule has 0 bridgehead atoms. The Morgan fingerprint density at radius 2 is 2.06 bits per heavy atom. The maximum atomic E-state index is 13.0. The summed E-state index contributed by atoms with van der Waals surface area (Å²) in [7, 11) is 1.59. The average Bonchev–Trinajstić information content (AvgIpc) is 3.34. The number of aliphatic hydroxyl groups excluding tert-OH is 1. The van der Waals surface area contributed by atoms with Crippen molar-refractivity contribution in [3.8, 4) is 0 Å². The van der Waals surface area contributed by atoms with E-state index in [1.165, 1.54) is 22.7 Å². The smallest absolute Gasteiger partial charge is 0.262 e. The van der Waals surface area contributed by atoms with Crippen molar-refractivity contribution in [3.63, 3.8) is 0 Å². The Balaban J connectivity index is 1.42. The van der Waals surface area contributed by atoms with E-state index in [1.54, 1.807) is 13.2 Å². The first kappa shape index (κ1) is 25.4. The van der Waals surface area contributed by atoms with E-state index in [-0.39, 0.29) is 17.6 Å². The Morgan fingerprint density at radius 3 is 2.75 bits per heavy atom. The number of benzene rings is 1. The van der Waals surface area contributed by atoms with Crippen LogP contribution < -0.4 is 10.5 Å². The third kappa shape index (κ3) is 4.84. The molecule has 2 saturated heterocycles. The van der Waals surface area contributed by atoms with Crippen molar-refractivity contribution < 1.29 is 14.6 Å². The van der Waals surface area contributed by atoms with Crippen molar-refractivity contribution in [1.29, 1.82) is 0 Å². The summed E-state index contributed by atoms with van der Waals surface area (Å²) in [5.74, 6) is 0.739. The van der Waals surface area contributed by atoms with Gasteiger partial charge in [0.2, 0.25) is 0 Å². The minimum Gasteiger partial charge on any atom is -0.390 e. The molecule has 3 aromatic rings. The minimum atomic E-state index is -0.214. The number of rotatable bonds is 7. The van der Waals surface area contributed by atoms with Crippen molar-refractivity contribution in [2.75, 3.05) is 44.9 Å². The van der Waals surface area contributed by atoms with Crippen LogP contribution in [0.3, 0.4) is 0 Å². The topological polar surface area (TPSA) is 103 Å². The molecule has 1 aromatic carbocycles. The van der Waals surface area contributed by atoms with Crippen LogP contribution in [0.25, 0.3) is 10.9 Å². The van der Waals surface area contributed by atoms with Crippen molar-refractivity contribution in [2.45, 2.75) is 49.3 Å². The lowest BCUT2D eigenvalue weighted by Crippen LogP contribution is -2.41. The second-order valence-corrected chi connectivity index (χ2v) is 10.9. The number of piperidine rings is 1. The Bertz CT molecular complexity index is 1320. The fourth-order valence-electron chi connectivity index (χ4n) is 4.93. The quantitative estimate of drug-likeness (QED) is 0.491. The molecule has 4 heterocycles. The summed E-state index contributed by atoms with van der Waals surface area (Å²) in [5.41, 5.74) is 1.90. The van der Waals surface area contributed by atoms with Gasteiger partial charge in [0.15, 0.2) is 5.82 Å². The van der Waals surface area contributed by atoms with E-state index in [9.17, 15) is 9.90 Å². The summed E-state index contributed by atoms with van der Waals surface area (Å²) in [6, 6.07) is 3.62.